The van der Waals surface area contributed by atoms with E-state index in [2.05, 4.69) is 10.5 Å². The van der Waals surface area contributed by atoms with E-state index in [1.54, 1.807) is 0 Å². The fraction of sp³-hybridized carbons (Fsp3) is 0.429. The highest BCUT2D eigenvalue weighted by molar-refractivity contribution is 6.10. The molecule has 0 fully saturated rings. The third-order valence-electron chi connectivity index (χ3n) is 2.06. The normalized spacial score (nSPS) is 20.3. The number of hydrogen-bond acceptors (Lipinski definition) is 4. The Balaban J connectivity index is 2.92. The van der Waals surface area contributed by atoms with Crippen molar-refractivity contribution in [2.24, 2.45) is 16.8 Å². The number of rotatable bonds is 1. The lowest BCUT2D eigenvalue weighted by molar-refractivity contribution is -0.117. The number of nitrogens with one attached hydrogen (secondary N) is 1. The van der Waals surface area contributed by atoms with Crippen molar-refractivity contribution in [2.45, 2.75) is 19.8 Å². The summed E-state index contributed by atoms with van der Waals surface area (Å²) in [5, 5.41) is 3.57. The van der Waals surface area contributed by atoms with E-state index in [9.17, 15) is 4.79 Å². The van der Waals surface area contributed by atoms with Crippen LogP contribution in [-0.4, -0.2) is 11.6 Å². The Kier molecular flexibility index (Phi) is 2.44. The molecule has 5 nitrogen and oxygen atoms in total. The number of carbonyl (C=O) groups is 1. The maximum atomic E-state index is 11.1. The van der Waals surface area contributed by atoms with Gasteiger partial charge in [0.05, 0.1) is 5.71 Å². The van der Waals surface area contributed by atoms with Gasteiger partial charge >= 0.3 is 0 Å². The highest BCUT2D eigenvalue weighted by atomic mass is 16.2. The standard InChI is InChI=1S/C7H12N4O/c1-4-5(7(12)11-9)2-3-6(4)10-8/h2-3,8-9H2,1H3,(H,11,12)/b10-6+. The van der Waals surface area contributed by atoms with Crippen molar-refractivity contribution >= 4 is 11.6 Å². The summed E-state index contributed by atoms with van der Waals surface area (Å²) in [6, 6.07) is 0. The lowest BCUT2D eigenvalue weighted by Crippen LogP contribution is -2.31. The summed E-state index contributed by atoms with van der Waals surface area (Å²) in [6.07, 6.45) is 1.40. The van der Waals surface area contributed by atoms with Gasteiger partial charge in [0.25, 0.3) is 5.91 Å². The monoisotopic (exact) mass is 168 g/mol. The minimum Gasteiger partial charge on any atom is -0.323 e. The smallest absolute Gasteiger partial charge is 0.261 e. The predicted octanol–water partition coefficient (Wildman–Crippen LogP) is -0.599. The summed E-state index contributed by atoms with van der Waals surface area (Å²) in [7, 11) is 0. The molecule has 0 spiro atoms. The zero-order valence-electron chi connectivity index (χ0n) is 6.92. The average molecular weight is 168 g/mol. The van der Waals surface area contributed by atoms with Gasteiger partial charge in [-0.3, -0.25) is 10.2 Å². The maximum absolute atomic E-state index is 11.1. The molecule has 0 aromatic heterocycles. The quantitative estimate of drug-likeness (QED) is 0.277. The molecule has 0 bridgehead atoms. The van der Waals surface area contributed by atoms with Crippen molar-refractivity contribution in [3.05, 3.63) is 11.1 Å². The Morgan fingerprint density at radius 3 is 2.67 bits per heavy atom. The van der Waals surface area contributed by atoms with Crippen LogP contribution in [0.5, 0.6) is 0 Å². The number of amides is 1. The number of nitrogens with zero attached hydrogens (tertiary/aromatic N) is 1. The molecule has 1 amide bonds. The van der Waals surface area contributed by atoms with Crippen LogP contribution in [0.15, 0.2) is 16.2 Å². The van der Waals surface area contributed by atoms with Gasteiger partial charge in [0, 0.05) is 5.57 Å². The van der Waals surface area contributed by atoms with Crippen LogP contribution < -0.4 is 17.1 Å². The van der Waals surface area contributed by atoms with E-state index in [4.69, 9.17) is 11.7 Å². The number of hydrogen-bond donors (Lipinski definition) is 3. The Morgan fingerprint density at radius 1 is 1.58 bits per heavy atom. The van der Waals surface area contributed by atoms with Gasteiger partial charge in [0.15, 0.2) is 0 Å². The largest absolute Gasteiger partial charge is 0.323 e. The molecule has 0 atom stereocenters. The van der Waals surface area contributed by atoms with E-state index in [-0.39, 0.29) is 5.91 Å². The molecule has 1 aliphatic carbocycles. The van der Waals surface area contributed by atoms with E-state index in [1.807, 2.05) is 6.92 Å². The Bertz CT molecular complexity index is 267. The molecule has 66 valence electrons. The molecule has 0 saturated heterocycles. The first kappa shape index (κ1) is 8.73. The van der Waals surface area contributed by atoms with Crippen LogP contribution in [0, 0.1) is 0 Å². The van der Waals surface area contributed by atoms with Gasteiger partial charge in [-0.1, -0.05) is 0 Å². The van der Waals surface area contributed by atoms with Crippen LogP contribution in [0.1, 0.15) is 19.8 Å². The van der Waals surface area contributed by atoms with Crippen molar-refractivity contribution in [3.63, 3.8) is 0 Å². The molecular formula is C7H12N4O. The summed E-state index contributed by atoms with van der Waals surface area (Å²) in [6.45, 7) is 1.82. The predicted molar refractivity (Wildman–Crippen MR) is 45.9 cm³/mol. The topological polar surface area (TPSA) is 93.5 Å². The van der Waals surface area contributed by atoms with Gasteiger partial charge in [-0.15, -0.1) is 0 Å². The van der Waals surface area contributed by atoms with Crippen LogP contribution >= 0.6 is 0 Å². The fourth-order valence-electron chi connectivity index (χ4n) is 1.32. The van der Waals surface area contributed by atoms with Gasteiger partial charge < -0.3 is 5.84 Å². The Hall–Kier alpha value is -1.36. The summed E-state index contributed by atoms with van der Waals surface area (Å²) >= 11 is 0. The third-order valence-corrected chi connectivity index (χ3v) is 2.06. The molecule has 5 N–H and O–H groups in total. The van der Waals surface area contributed by atoms with Crippen LogP contribution in [-0.2, 0) is 4.79 Å². The number of hydrazone groups is 1. The Morgan fingerprint density at radius 2 is 2.25 bits per heavy atom. The van der Waals surface area contributed by atoms with E-state index in [0.29, 0.717) is 12.0 Å². The van der Waals surface area contributed by atoms with E-state index in [0.717, 1.165) is 17.7 Å². The molecule has 0 aromatic carbocycles. The molecule has 1 aliphatic rings. The highest BCUT2D eigenvalue weighted by Gasteiger charge is 2.21. The van der Waals surface area contributed by atoms with Crippen LogP contribution in [0.3, 0.4) is 0 Å². The highest BCUT2D eigenvalue weighted by Crippen LogP contribution is 2.22. The van der Waals surface area contributed by atoms with Crippen molar-refractivity contribution in [2.75, 3.05) is 0 Å². The van der Waals surface area contributed by atoms with E-state index < -0.39 is 0 Å². The minimum atomic E-state index is -0.244. The molecular weight excluding hydrogens is 156 g/mol. The molecule has 0 aliphatic heterocycles. The van der Waals surface area contributed by atoms with Crippen LogP contribution in [0.4, 0.5) is 0 Å². The first-order chi connectivity index (χ1) is 5.70. The third kappa shape index (κ3) is 1.31. The summed E-state index contributed by atoms with van der Waals surface area (Å²) in [4.78, 5) is 11.1. The van der Waals surface area contributed by atoms with Crippen molar-refractivity contribution < 1.29 is 4.79 Å². The molecule has 1 rings (SSSR count). The second-order valence-corrected chi connectivity index (χ2v) is 2.65. The number of nitrogens with two attached hydrogens (primary N) is 2. The van der Waals surface area contributed by atoms with Crippen molar-refractivity contribution in [1.82, 2.24) is 5.43 Å². The minimum absolute atomic E-state index is 0.244. The van der Waals surface area contributed by atoms with E-state index in [1.165, 1.54) is 0 Å². The first-order valence-electron chi connectivity index (χ1n) is 3.68. The molecule has 0 heterocycles. The van der Waals surface area contributed by atoms with Gasteiger partial charge in [0.2, 0.25) is 0 Å². The molecule has 0 unspecified atom stereocenters. The van der Waals surface area contributed by atoms with E-state index >= 15 is 0 Å². The van der Waals surface area contributed by atoms with Gasteiger partial charge in [-0.25, -0.2) is 5.84 Å². The van der Waals surface area contributed by atoms with Crippen molar-refractivity contribution in [1.29, 1.82) is 0 Å². The van der Waals surface area contributed by atoms with Gasteiger partial charge in [-0.2, -0.15) is 5.10 Å². The first-order valence-corrected chi connectivity index (χ1v) is 3.68. The molecule has 0 aromatic rings. The maximum Gasteiger partial charge on any atom is 0.261 e. The van der Waals surface area contributed by atoms with Crippen LogP contribution in [0.25, 0.3) is 0 Å². The molecule has 0 radical (unpaired) electrons. The summed E-state index contributed by atoms with van der Waals surface area (Å²) in [5.74, 6) is 9.87. The SMILES string of the molecule is CC1=C(C(=O)NN)CC/C1=N\N. The second-order valence-electron chi connectivity index (χ2n) is 2.65. The average Bonchev–Trinajstić information content (AvgIpc) is 2.45. The zero-order chi connectivity index (χ0) is 9.14. The molecule has 0 saturated carbocycles. The van der Waals surface area contributed by atoms with Gasteiger partial charge in [0.1, 0.15) is 0 Å². The number of carbonyl (C=O) groups excluding carboxylic acids is 1. The number of allylic oxidation sites excluding steroid dienone is 1. The lowest BCUT2D eigenvalue weighted by atomic mass is 10.1. The lowest BCUT2D eigenvalue weighted by Gasteiger charge is -1.99. The molecule has 5 heteroatoms. The summed E-state index contributed by atoms with van der Waals surface area (Å²) in [5.41, 5.74) is 4.40. The Labute approximate surface area is 70.5 Å². The summed E-state index contributed by atoms with van der Waals surface area (Å²) < 4.78 is 0. The fourth-order valence-corrected chi connectivity index (χ4v) is 1.32. The zero-order valence-corrected chi connectivity index (χ0v) is 6.92. The van der Waals surface area contributed by atoms with Crippen LogP contribution in [0.2, 0.25) is 0 Å². The number of hydrazine groups is 1. The van der Waals surface area contributed by atoms with Gasteiger partial charge in [-0.05, 0) is 25.3 Å². The van der Waals surface area contributed by atoms with Crippen molar-refractivity contribution in [3.8, 4) is 0 Å². The second kappa shape index (κ2) is 3.36. The molecule has 12 heavy (non-hydrogen) atoms.